The summed E-state index contributed by atoms with van der Waals surface area (Å²) in [6, 6.07) is 6.39. The van der Waals surface area contributed by atoms with Gasteiger partial charge >= 0.3 is 5.97 Å². The molecule has 2 aromatic heterocycles. The Hall–Kier alpha value is -2.77. The number of unbranched alkanes of at least 4 members (excludes halogenated alkanes) is 6. The van der Waals surface area contributed by atoms with Crippen LogP contribution in [0.2, 0.25) is 0 Å². The number of aromatic carboxylic acids is 1. The molecule has 3 aromatic rings. The summed E-state index contributed by atoms with van der Waals surface area (Å²) >= 11 is 0. The number of carboxylic acids is 1. The number of benzene rings is 1. The van der Waals surface area contributed by atoms with Crippen LogP contribution in [0.25, 0.3) is 22.2 Å². The van der Waals surface area contributed by atoms with Gasteiger partial charge in [0.25, 0.3) is 5.56 Å². The molecule has 4 rings (SSSR count). The summed E-state index contributed by atoms with van der Waals surface area (Å²) in [6.07, 6.45) is 11.2. The topological polar surface area (TPSA) is 107 Å². The van der Waals surface area contributed by atoms with E-state index < -0.39 is 22.8 Å². The molecule has 0 amide bonds. The number of nitrogens with zero attached hydrogens (tertiary/aromatic N) is 1. The molecule has 2 heterocycles. The average molecular weight is 516 g/mol. The van der Waals surface area contributed by atoms with Crippen molar-refractivity contribution >= 4 is 29.3 Å². The normalized spacial score (nSPS) is 12.6. The van der Waals surface area contributed by atoms with Gasteiger partial charge in [0, 0.05) is 41.3 Å². The standard InChI is InChI=1S/C28H37N3O4.ClH/c1-3-4-5-6-7-8-9-13-29-17-20-14-19-15-22-18(16-23(19)31(20)2)11-10-12-21-25(22)30-27(33)24(26(21)32)28(34)35;/h14-16,29H,3-13,17H2,1-2H3,(H,34,35)(H2,30,32,33);1H. The third-order valence-electron chi connectivity index (χ3n) is 7.28. The Labute approximate surface area is 218 Å². The Morgan fingerprint density at radius 1 is 1.08 bits per heavy atom. The van der Waals surface area contributed by atoms with Gasteiger partial charge in [0.1, 0.15) is 5.75 Å². The molecule has 8 heteroatoms. The van der Waals surface area contributed by atoms with Crippen molar-refractivity contribution in [1.29, 1.82) is 0 Å². The lowest BCUT2D eigenvalue weighted by Gasteiger charge is -2.13. The number of hydrogen-bond acceptors (Lipinski definition) is 4. The van der Waals surface area contributed by atoms with Gasteiger partial charge in [-0.05, 0) is 56.0 Å². The number of aromatic amines is 1. The summed E-state index contributed by atoms with van der Waals surface area (Å²) in [5.74, 6) is -1.82. The van der Waals surface area contributed by atoms with Crippen LogP contribution in [0.3, 0.4) is 0 Å². The molecule has 0 fully saturated rings. The van der Waals surface area contributed by atoms with Gasteiger partial charge in [-0.3, -0.25) is 4.79 Å². The zero-order chi connectivity index (χ0) is 24.9. The summed E-state index contributed by atoms with van der Waals surface area (Å²) in [7, 11) is 2.08. The van der Waals surface area contributed by atoms with Crippen molar-refractivity contribution in [3.05, 3.63) is 50.9 Å². The number of aromatic hydroxyl groups is 1. The largest absolute Gasteiger partial charge is 0.506 e. The van der Waals surface area contributed by atoms with Gasteiger partial charge in [-0.2, -0.15) is 0 Å². The number of H-pyrrole nitrogens is 1. The van der Waals surface area contributed by atoms with Crippen LogP contribution in [0.1, 0.15) is 85.5 Å². The van der Waals surface area contributed by atoms with E-state index >= 15 is 0 Å². The highest BCUT2D eigenvalue weighted by molar-refractivity contribution is 5.93. The summed E-state index contributed by atoms with van der Waals surface area (Å²) in [5, 5.41) is 24.6. The van der Waals surface area contributed by atoms with Crippen molar-refractivity contribution in [1.82, 2.24) is 14.9 Å². The van der Waals surface area contributed by atoms with Crippen molar-refractivity contribution in [3.63, 3.8) is 0 Å². The van der Waals surface area contributed by atoms with Crippen molar-refractivity contribution < 1.29 is 15.0 Å². The minimum Gasteiger partial charge on any atom is -0.506 e. The SMILES string of the molecule is CCCCCCCCCNCc1cc2cc3c(cc2n1C)CCCc1c-3[nH]c(=O)c(C(=O)O)c1O.Cl. The van der Waals surface area contributed by atoms with E-state index in [1.54, 1.807) is 0 Å². The Morgan fingerprint density at radius 2 is 1.81 bits per heavy atom. The molecule has 4 N–H and O–H groups in total. The highest BCUT2D eigenvalue weighted by atomic mass is 35.5. The van der Waals surface area contributed by atoms with Gasteiger partial charge in [-0.25, -0.2) is 4.79 Å². The number of nitrogens with one attached hydrogen (secondary N) is 2. The molecule has 0 radical (unpaired) electrons. The lowest BCUT2D eigenvalue weighted by Crippen LogP contribution is -2.20. The highest BCUT2D eigenvalue weighted by Crippen LogP contribution is 2.38. The highest BCUT2D eigenvalue weighted by Gasteiger charge is 2.26. The molecule has 0 spiro atoms. The third-order valence-corrected chi connectivity index (χ3v) is 7.28. The Bertz CT molecular complexity index is 1280. The maximum Gasteiger partial charge on any atom is 0.345 e. The summed E-state index contributed by atoms with van der Waals surface area (Å²) < 4.78 is 2.22. The fraction of sp³-hybridized carbons (Fsp3) is 0.500. The van der Waals surface area contributed by atoms with E-state index in [0.717, 1.165) is 48.0 Å². The number of aromatic nitrogens is 2. The predicted molar refractivity (Wildman–Crippen MR) is 147 cm³/mol. The van der Waals surface area contributed by atoms with Crippen LogP contribution < -0.4 is 10.9 Å². The molecule has 36 heavy (non-hydrogen) atoms. The summed E-state index contributed by atoms with van der Waals surface area (Å²) in [6.45, 7) is 4.04. The molecule has 196 valence electrons. The second kappa shape index (κ2) is 12.5. The van der Waals surface area contributed by atoms with Crippen LogP contribution in [0.15, 0.2) is 23.0 Å². The van der Waals surface area contributed by atoms with E-state index in [-0.39, 0.29) is 12.4 Å². The minimum absolute atomic E-state index is 0. The average Bonchev–Trinajstić information content (AvgIpc) is 3.01. The number of fused-ring (bicyclic) bond motifs is 4. The van der Waals surface area contributed by atoms with Gasteiger partial charge in [0.15, 0.2) is 5.56 Å². The fourth-order valence-corrected chi connectivity index (χ4v) is 5.27. The monoisotopic (exact) mass is 515 g/mol. The van der Waals surface area contributed by atoms with Crippen LogP contribution in [0, 0.1) is 0 Å². The molecule has 0 saturated heterocycles. The van der Waals surface area contributed by atoms with E-state index in [1.807, 2.05) is 0 Å². The quantitative estimate of drug-likeness (QED) is 0.245. The Kier molecular flexibility index (Phi) is 9.63. The van der Waals surface area contributed by atoms with E-state index in [2.05, 4.69) is 47.0 Å². The van der Waals surface area contributed by atoms with Crippen molar-refractivity contribution in [2.45, 2.75) is 77.7 Å². The molecule has 7 nitrogen and oxygen atoms in total. The van der Waals surface area contributed by atoms with Crippen LogP contribution in [0.5, 0.6) is 5.75 Å². The number of carbonyl (C=O) groups is 1. The molecule has 0 saturated carbocycles. The first-order valence-electron chi connectivity index (χ1n) is 13.0. The van der Waals surface area contributed by atoms with Crippen LogP contribution >= 0.6 is 12.4 Å². The molecule has 0 bridgehead atoms. The zero-order valence-electron chi connectivity index (χ0n) is 21.3. The first kappa shape index (κ1) is 27.8. The molecular weight excluding hydrogens is 478 g/mol. The number of aryl methyl sites for hydroxylation is 2. The number of halogens is 1. The Balaban J connectivity index is 0.00000361. The summed E-state index contributed by atoms with van der Waals surface area (Å²) in [5.41, 5.74) is 3.98. The number of pyridine rings is 1. The maximum atomic E-state index is 12.4. The molecule has 0 aliphatic heterocycles. The van der Waals surface area contributed by atoms with Gasteiger partial charge < -0.3 is 25.1 Å². The lowest BCUT2D eigenvalue weighted by molar-refractivity contribution is 0.0691. The molecule has 0 atom stereocenters. The first-order valence-corrected chi connectivity index (χ1v) is 13.0. The predicted octanol–water partition coefficient (Wildman–Crippen LogP) is 5.69. The van der Waals surface area contributed by atoms with Gasteiger partial charge in [-0.15, -0.1) is 12.4 Å². The molecule has 1 aliphatic carbocycles. The maximum absolute atomic E-state index is 12.4. The molecule has 1 aliphatic rings. The Morgan fingerprint density at radius 3 is 2.53 bits per heavy atom. The van der Waals surface area contributed by atoms with Gasteiger partial charge in [-0.1, -0.05) is 45.4 Å². The van der Waals surface area contributed by atoms with E-state index in [4.69, 9.17) is 0 Å². The van der Waals surface area contributed by atoms with Gasteiger partial charge in [0.05, 0.1) is 5.69 Å². The second-order valence-electron chi connectivity index (χ2n) is 9.75. The van der Waals surface area contributed by atoms with E-state index in [0.29, 0.717) is 17.7 Å². The molecular formula is C28H38ClN3O4. The zero-order valence-corrected chi connectivity index (χ0v) is 22.1. The second-order valence-corrected chi connectivity index (χ2v) is 9.75. The van der Waals surface area contributed by atoms with Crippen molar-refractivity contribution in [2.75, 3.05) is 6.54 Å². The molecule has 0 unspecified atom stereocenters. The number of carboxylic acid groups (broad SMARTS) is 1. The smallest absolute Gasteiger partial charge is 0.345 e. The molecule has 1 aromatic carbocycles. The number of rotatable bonds is 11. The van der Waals surface area contributed by atoms with Gasteiger partial charge in [0.2, 0.25) is 0 Å². The van der Waals surface area contributed by atoms with Crippen LogP contribution in [-0.2, 0) is 26.4 Å². The van der Waals surface area contributed by atoms with Crippen LogP contribution in [-0.4, -0.2) is 32.3 Å². The van der Waals surface area contributed by atoms with Crippen LogP contribution in [0.4, 0.5) is 0 Å². The number of hydrogen-bond donors (Lipinski definition) is 4. The van der Waals surface area contributed by atoms with Crippen molar-refractivity contribution in [2.24, 2.45) is 7.05 Å². The summed E-state index contributed by atoms with van der Waals surface area (Å²) in [4.78, 5) is 26.7. The lowest BCUT2D eigenvalue weighted by atomic mass is 9.98. The minimum atomic E-state index is -1.41. The van der Waals surface area contributed by atoms with E-state index in [1.165, 1.54) is 50.6 Å². The van der Waals surface area contributed by atoms with Crippen molar-refractivity contribution in [3.8, 4) is 17.0 Å². The fourth-order valence-electron chi connectivity index (χ4n) is 5.27. The third kappa shape index (κ3) is 5.79. The van der Waals surface area contributed by atoms with E-state index in [9.17, 15) is 19.8 Å². The first-order chi connectivity index (χ1) is 16.9.